The van der Waals surface area contributed by atoms with Gasteiger partial charge < -0.3 is 4.55 Å². The van der Waals surface area contributed by atoms with Gasteiger partial charge in [0, 0.05) is 5.56 Å². The van der Waals surface area contributed by atoms with Gasteiger partial charge in [0.1, 0.15) is 10.1 Å². The maximum atomic E-state index is 11.9. The fraction of sp³-hybridized carbons (Fsp3) is 0.286. The van der Waals surface area contributed by atoms with Crippen molar-refractivity contribution in [2.45, 2.75) is 57.3 Å². The molecule has 0 aliphatic heterocycles. The SMILES string of the molecule is C=C(c1cc(C(C)(C)C)ccc1[I+]c1ccc(C(C)(C)C)cc1)c1ccccc1S(=O)(=O)[O-]. The van der Waals surface area contributed by atoms with E-state index < -0.39 is 31.3 Å². The Bertz CT molecular complexity index is 1280. The van der Waals surface area contributed by atoms with Crippen LogP contribution in [0.2, 0.25) is 0 Å². The molecule has 3 nitrogen and oxygen atoms in total. The third kappa shape index (κ3) is 6.14. The molecule has 0 fully saturated rings. The largest absolute Gasteiger partial charge is 0.744 e. The first-order chi connectivity index (χ1) is 15.2. The second kappa shape index (κ2) is 9.35. The van der Waals surface area contributed by atoms with Crippen molar-refractivity contribution < 1.29 is 34.2 Å². The van der Waals surface area contributed by atoms with Crippen LogP contribution in [0, 0.1) is 7.14 Å². The molecule has 0 aliphatic rings. The molecular formula is C28H31IO3S. The van der Waals surface area contributed by atoms with Gasteiger partial charge in [0.25, 0.3) is 0 Å². The van der Waals surface area contributed by atoms with Crippen LogP contribution in [0.3, 0.4) is 0 Å². The van der Waals surface area contributed by atoms with E-state index in [0.29, 0.717) is 11.1 Å². The lowest BCUT2D eigenvalue weighted by Gasteiger charge is -2.21. The number of hydrogen-bond acceptors (Lipinski definition) is 3. The van der Waals surface area contributed by atoms with Crippen molar-refractivity contribution in [3.05, 3.63) is 103 Å². The molecule has 0 atom stereocenters. The van der Waals surface area contributed by atoms with Gasteiger partial charge in [-0.1, -0.05) is 84.5 Å². The first-order valence-electron chi connectivity index (χ1n) is 10.8. The predicted molar refractivity (Wildman–Crippen MR) is 130 cm³/mol. The smallest absolute Gasteiger partial charge is 0.358 e. The fourth-order valence-corrected chi connectivity index (χ4v) is 6.74. The Morgan fingerprint density at radius 1 is 0.788 bits per heavy atom. The van der Waals surface area contributed by atoms with Crippen molar-refractivity contribution in [1.82, 2.24) is 0 Å². The van der Waals surface area contributed by atoms with E-state index in [-0.39, 0.29) is 15.7 Å². The number of halogens is 1. The highest BCUT2D eigenvalue weighted by atomic mass is 127. The summed E-state index contributed by atoms with van der Waals surface area (Å²) in [6, 6.07) is 21.5. The van der Waals surface area contributed by atoms with Crippen LogP contribution in [0.5, 0.6) is 0 Å². The van der Waals surface area contributed by atoms with Gasteiger partial charge in [-0.25, -0.2) is 8.42 Å². The molecule has 33 heavy (non-hydrogen) atoms. The highest BCUT2D eigenvalue weighted by molar-refractivity contribution is 7.85. The molecule has 3 aromatic carbocycles. The van der Waals surface area contributed by atoms with Gasteiger partial charge in [-0.15, -0.1) is 0 Å². The molecule has 0 bridgehead atoms. The molecular weight excluding hydrogens is 543 g/mol. The quantitative estimate of drug-likeness (QED) is 0.347. The molecule has 0 unspecified atom stereocenters. The minimum atomic E-state index is -4.62. The van der Waals surface area contributed by atoms with Crippen molar-refractivity contribution >= 4 is 15.7 Å². The summed E-state index contributed by atoms with van der Waals surface area (Å²) < 4.78 is 38.2. The van der Waals surface area contributed by atoms with Gasteiger partial charge in [0.2, 0.25) is 3.57 Å². The molecule has 0 N–H and O–H groups in total. The van der Waals surface area contributed by atoms with E-state index in [4.69, 9.17) is 0 Å². The van der Waals surface area contributed by atoms with E-state index in [1.54, 1.807) is 18.2 Å². The summed E-state index contributed by atoms with van der Waals surface area (Å²) in [7, 11) is -4.62. The zero-order chi connectivity index (χ0) is 24.6. The Balaban J connectivity index is 2.11. The topological polar surface area (TPSA) is 57.2 Å². The Hall–Kier alpha value is -1.96. The summed E-state index contributed by atoms with van der Waals surface area (Å²) in [6.07, 6.45) is 0. The lowest BCUT2D eigenvalue weighted by Crippen LogP contribution is -3.61. The van der Waals surface area contributed by atoms with Crippen molar-refractivity contribution in [3.63, 3.8) is 0 Å². The van der Waals surface area contributed by atoms with E-state index in [1.165, 1.54) is 15.2 Å². The molecule has 3 rings (SSSR count). The molecule has 5 heteroatoms. The predicted octanol–water partition coefficient (Wildman–Crippen LogP) is 3.38. The maximum absolute atomic E-state index is 11.9. The first-order valence-corrected chi connectivity index (χ1v) is 14.4. The summed E-state index contributed by atoms with van der Waals surface area (Å²) >= 11 is -0.545. The first kappa shape index (κ1) is 25.7. The van der Waals surface area contributed by atoms with Crippen molar-refractivity contribution in [3.8, 4) is 0 Å². The molecule has 174 valence electrons. The lowest BCUT2D eigenvalue weighted by molar-refractivity contribution is -0.597. The third-order valence-corrected chi connectivity index (χ3v) is 9.32. The zero-order valence-electron chi connectivity index (χ0n) is 20.1. The summed E-state index contributed by atoms with van der Waals surface area (Å²) in [5.41, 5.74) is 4.28. The van der Waals surface area contributed by atoms with E-state index >= 15 is 0 Å². The Kier molecular flexibility index (Phi) is 7.27. The van der Waals surface area contributed by atoms with Gasteiger partial charge in [0.05, 0.1) is 4.90 Å². The van der Waals surface area contributed by atoms with Crippen molar-refractivity contribution in [2.24, 2.45) is 0 Å². The summed E-state index contributed by atoms with van der Waals surface area (Å²) in [5, 5.41) is 0. The molecule has 0 heterocycles. The number of benzene rings is 3. The number of rotatable bonds is 5. The zero-order valence-corrected chi connectivity index (χ0v) is 23.0. The van der Waals surface area contributed by atoms with Crippen LogP contribution in [-0.4, -0.2) is 13.0 Å². The molecule has 3 aromatic rings. The molecule has 0 amide bonds. The van der Waals surface area contributed by atoms with Gasteiger partial charge >= 0.3 is 21.2 Å². The van der Waals surface area contributed by atoms with Gasteiger partial charge in [-0.05, 0) is 63.4 Å². The Morgan fingerprint density at radius 2 is 1.33 bits per heavy atom. The standard InChI is InChI=1S/C28H31IO3S/c1-19(23-10-8-9-11-26(23)33(30,31)32)24-18-21(28(5,6)7)14-17-25(24)29-22-15-12-20(13-16-22)27(2,3)4/h8-18H,1H2,2-7H3. The van der Waals surface area contributed by atoms with Crippen LogP contribution in [-0.2, 0) is 20.9 Å². The highest BCUT2D eigenvalue weighted by Gasteiger charge is 2.27. The minimum absolute atomic E-state index is 0.0790. The second-order valence-electron chi connectivity index (χ2n) is 10.2. The normalized spacial score (nSPS) is 12.6. The number of hydrogen-bond donors (Lipinski definition) is 0. The van der Waals surface area contributed by atoms with E-state index in [0.717, 1.165) is 14.7 Å². The monoisotopic (exact) mass is 574 g/mol. The molecule has 0 saturated carbocycles. The highest BCUT2D eigenvalue weighted by Crippen LogP contribution is 2.31. The molecule has 0 spiro atoms. The van der Waals surface area contributed by atoms with E-state index in [2.05, 4.69) is 90.6 Å². The fourth-order valence-electron chi connectivity index (χ4n) is 3.51. The average molecular weight is 575 g/mol. The van der Waals surface area contributed by atoms with Crippen LogP contribution in [0.25, 0.3) is 5.57 Å². The van der Waals surface area contributed by atoms with Crippen LogP contribution in [0.15, 0.2) is 78.2 Å². The van der Waals surface area contributed by atoms with Crippen LogP contribution >= 0.6 is 0 Å². The summed E-state index contributed by atoms with van der Waals surface area (Å²) in [4.78, 5) is -0.227. The second-order valence-corrected chi connectivity index (χ2v) is 14.5. The van der Waals surface area contributed by atoms with Crippen LogP contribution in [0.1, 0.15) is 63.8 Å². The van der Waals surface area contributed by atoms with E-state index in [9.17, 15) is 13.0 Å². The van der Waals surface area contributed by atoms with Gasteiger partial charge in [-0.3, -0.25) is 0 Å². The molecule has 0 radical (unpaired) electrons. The van der Waals surface area contributed by atoms with Crippen molar-refractivity contribution in [2.75, 3.05) is 0 Å². The van der Waals surface area contributed by atoms with Crippen molar-refractivity contribution in [1.29, 1.82) is 0 Å². The van der Waals surface area contributed by atoms with Gasteiger partial charge in [0.15, 0.2) is 3.57 Å². The maximum Gasteiger partial charge on any atom is 0.358 e. The van der Waals surface area contributed by atoms with Gasteiger partial charge in [-0.2, -0.15) is 0 Å². The average Bonchev–Trinajstić information content (AvgIpc) is 2.72. The summed E-state index contributed by atoms with van der Waals surface area (Å²) in [5.74, 6) is 0. The van der Waals surface area contributed by atoms with E-state index in [1.807, 2.05) is 0 Å². The lowest BCUT2D eigenvalue weighted by atomic mass is 9.85. The van der Waals surface area contributed by atoms with Crippen LogP contribution < -0.4 is 21.2 Å². The third-order valence-electron chi connectivity index (χ3n) is 5.56. The molecule has 0 saturated heterocycles. The minimum Gasteiger partial charge on any atom is -0.744 e. The Morgan fingerprint density at radius 3 is 1.88 bits per heavy atom. The summed E-state index contributed by atoms with van der Waals surface area (Å²) in [6.45, 7) is 17.3. The van der Waals surface area contributed by atoms with Crippen LogP contribution in [0.4, 0.5) is 0 Å². The molecule has 0 aliphatic carbocycles. The Labute approximate surface area is 209 Å². The molecule has 0 aromatic heterocycles.